The fraction of sp³-hybridized carbons (Fsp3) is 0. The second-order valence-corrected chi connectivity index (χ2v) is 8.08. The first-order valence-corrected chi connectivity index (χ1v) is 9.47. The first-order valence-electron chi connectivity index (χ1n) is 6.70. The summed E-state index contributed by atoms with van der Waals surface area (Å²) in [6.45, 7) is 0. The fourth-order valence-corrected chi connectivity index (χ4v) is 4.63. The number of aromatic nitrogens is 3. The number of nitrogens with zero attached hydrogens (tertiary/aromatic N) is 3. The number of hydrogen-bond acceptors (Lipinski definition) is 6. The highest BCUT2D eigenvalue weighted by Crippen LogP contribution is 2.36. The van der Waals surface area contributed by atoms with Gasteiger partial charge in [0.25, 0.3) is 0 Å². The van der Waals surface area contributed by atoms with Crippen LogP contribution >= 0.6 is 57.5 Å². The van der Waals surface area contributed by atoms with Gasteiger partial charge in [-0.05, 0) is 36.4 Å². The van der Waals surface area contributed by atoms with Crippen LogP contribution in [0.1, 0.15) is 0 Å². The molecule has 0 saturated carbocycles. The van der Waals surface area contributed by atoms with E-state index in [-0.39, 0.29) is 0 Å². The van der Waals surface area contributed by atoms with Gasteiger partial charge in [0.2, 0.25) is 5.13 Å². The van der Waals surface area contributed by atoms with E-state index in [4.69, 9.17) is 34.8 Å². The molecule has 0 atom stereocenters. The zero-order chi connectivity index (χ0) is 16.7. The molecule has 0 unspecified atom stereocenters. The van der Waals surface area contributed by atoms with Gasteiger partial charge in [-0.3, -0.25) is 0 Å². The SMILES string of the molecule is Clc1ccc(-c2nnc(Nc3nc4ccc(Cl)cc4s3)s2)c(Cl)c1. The van der Waals surface area contributed by atoms with Crippen molar-refractivity contribution in [2.24, 2.45) is 0 Å². The summed E-state index contributed by atoms with van der Waals surface area (Å²) in [5.41, 5.74) is 1.68. The average molecular weight is 414 g/mol. The Morgan fingerprint density at radius 1 is 0.833 bits per heavy atom. The number of fused-ring (bicyclic) bond motifs is 1. The van der Waals surface area contributed by atoms with E-state index < -0.39 is 0 Å². The third-order valence-electron chi connectivity index (χ3n) is 3.15. The monoisotopic (exact) mass is 412 g/mol. The van der Waals surface area contributed by atoms with Crippen molar-refractivity contribution in [3.63, 3.8) is 0 Å². The van der Waals surface area contributed by atoms with Crippen molar-refractivity contribution in [3.05, 3.63) is 51.5 Å². The third kappa shape index (κ3) is 3.20. The first-order chi connectivity index (χ1) is 11.6. The lowest BCUT2D eigenvalue weighted by Crippen LogP contribution is -1.87. The minimum atomic E-state index is 0.542. The van der Waals surface area contributed by atoms with Crippen molar-refractivity contribution in [2.75, 3.05) is 5.32 Å². The van der Waals surface area contributed by atoms with E-state index >= 15 is 0 Å². The second-order valence-electron chi connectivity index (χ2n) is 4.79. The molecular weight excluding hydrogens is 407 g/mol. The third-order valence-corrected chi connectivity index (χ3v) is 5.74. The van der Waals surface area contributed by atoms with Crippen LogP contribution < -0.4 is 5.32 Å². The van der Waals surface area contributed by atoms with Crippen LogP contribution in [0.25, 0.3) is 20.8 Å². The van der Waals surface area contributed by atoms with Crippen molar-refractivity contribution in [1.82, 2.24) is 15.2 Å². The molecule has 0 aliphatic heterocycles. The van der Waals surface area contributed by atoms with E-state index in [9.17, 15) is 0 Å². The Bertz CT molecular complexity index is 1040. The van der Waals surface area contributed by atoms with Crippen LogP contribution in [0, 0.1) is 0 Å². The van der Waals surface area contributed by atoms with E-state index in [1.165, 1.54) is 22.7 Å². The minimum absolute atomic E-state index is 0.542. The van der Waals surface area contributed by atoms with Gasteiger partial charge in [-0.25, -0.2) is 4.98 Å². The van der Waals surface area contributed by atoms with E-state index in [2.05, 4.69) is 20.5 Å². The summed E-state index contributed by atoms with van der Waals surface area (Å²) in [6.07, 6.45) is 0. The number of thiazole rings is 1. The standard InChI is InChI=1S/C15H7Cl3N4S2/c16-7-1-3-9(10(18)5-7)13-21-22-15(24-13)20-14-19-11-4-2-8(17)6-12(11)23-14/h1-6H,(H,19,20,22). The van der Waals surface area contributed by atoms with E-state index in [1.54, 1.807) is 12.1 Å². The largest absolute Gasteiger partial charge is 0.306 e. The molecule has 0 amide bonds. The molecule has 4 rings (SSSR count). The molecule has 4 nitrogen and oxygen atoms in total. The highest BCUT2D eigenvalue weighted by molar-refractivity contribution is 7.23. The van der Waals surface area contributed by atoms with Crippen molar-refractivity contribution in [2.45, 2.75) is 0 Å². The number of rotatable bonds is 3. The van der Waals surface area contributed by atoms with Crippen LogP contribution in [-0.2, 0) is 0 Å². The lowest BCUT2D eigenvalue weighted by Gasteiger charge is -1.99. The molecule has 4 aromatic rings. The number of anilines is 2. The Labute approximate surface area is 160 Å². The smallest absolute Gasteiger partial charge is 0.212 e. The van der Waals surface area contributed by atoms with Crippen LogP contribution in [0.4, 0.5) is 10.3 Å². The summed E-state index contributed by atoms with van der Waals surface area (Å²) in [7, 11) is 0. The molecular formula is C15H7Cl3N4S2. The Kier molecular flexibility index (Phi) is 4.32. The molecule has 0 bridgehead atoms. The van der Waals surface area contributed by atoms with Gasteiger partial charge < -0.3 is 5.32 Å². The Morgan fingerprint density at radius 2 is 1.62 bits per heavy atom. The van der Waals surface area contributed by atoms with Gasteiger partial charge in [0.1, 0.15) is 0 Å². The Morgan fingerprint density at radius 3 is 2.46 bits per heavy atom. The molecule has 120 valence electrons. The molecule has 24 heavy (non-hydrogen) atoms. The fourth-order valence-electron chi connectivity index (χ4n) is 2.09. The number of benzene rings is 2. The molecule has 2 aromatic carbocycles. The summed E-state index contributed by atoms with van der Waals surface area (Å²) in [5.74, 6) is 0. The molecule has 2 aromatic heterocycles. The quantitative estimate of drug-likeness (QED) is 0.415. The van der Waals surface area contributed by atoms with Crippen LogP contribution in [0.15, 0.2) is 36.4 Å². The summed E-state index contributed by atoms with van der Waals surface area (Å²) < 4.78 is 1.01. The molecule has 0 aliphatic rings. The molecule has 2 heterocycles. The van der Waals surface area contributed by atoms with Gasteiger partial charge in [-0.15, -0.1) is 10.2 Å². The van der Waals surface area contributed by atoms with Crippen molar-refractivity contribution < 1.29 is 0 Å². The normalized spacial score (nSPS) is 11.1. The van der Waals surface area contributed by atoms with Crippen LogP contribution in [0.3, 0.4) is 0 Å². The van der Waals surface area contributed by atoms with E-state index in [1.807, 2.05) is 24.3 Å². The second kappa shape index (κ2) is 6.46. The van der Waals surface area contributed by atoms with Gasteiger partial charge >= 0.3 is 0 Å². The lowest BCUT2D eigenvalue weighted by molar-refractivity contribution is 1.10. The summed E-state index contributed by atoms with van der Waals surface area (Å²) in [4.78, 5) is 4.50. The maximum Gasteiger partial charge on any atom is 0.212 e. The van der Waals surface area contributed by atoms with Crippen molar-refractivity contribution >= 4 is 78.0 Å². The van der Waals surface area contributed by atoms with Crippen LogP contribution in [0.5, 0.6) is 0 Å². The van der Waals surface area contributed by atoms with Crippen molar-refractivity contribution in [3.8, 4) is 10.6 Å². The maximum absolute atomic E-state index is 6.21. The lowest BCUT2D eigenvalue weighted by atomic mass is 10.2. The van der Waals surface area contributed by atoms with E-state index in [0.29, 0.717) is 25.2 Å². The van der Waals surface area contributed by atoms with Crippen LogP contribution in [0.2, 0.25) is 15.1 Å². The minimum Gasteiger partial charge on any atom is -0.306 e. The van der Waals surface area contributed by atoms with Crippen LogP contribution in [-0.4, -0.2) is 15.2 Å². The maximum atomic E-state index is 6.21. The number of nitrogens with one attached hydrogen (secondary N) is 1. The van der Waals surface area contributed by atoms with Crippen molar-refractivity contribution in [1.29, 1.82) is 0 Å². The first kappa shape index (κ1) is 16.1. The topological polar surface area (TPSA) is 50.7 Å². The predicted molar refractivity (Wildman–Crippen MR) is 103 cm³/mol. The predicted octanol–water partition coefficient (Wildman–Crippen LogP) is 6.52. The van der Waals surface area contributed by atoms with E-state index in [0.717, 1.165) is 20.9 Å². The van der Waals surface area contributed by atoms with Gasteiger partial charge in [-0.1, -0.05) is 57.5 Å². The summed E-state index contributed by atoms with van der Waals surface area (Å²) >= 11 is 21.0. The van der Waals surface area contributed by atoms with Gasteiger partial charge in [0.05, 0.1) is 15.2 Å². The molecule has 9 heteroatoms. The molecule has 0 spiro atoms. The Balaban J connectivity index is 1.62. The summed E-state index contributed by atoms with van der Waals surface area (Å²) in [6, 6.07) is 10.9. The Hall–Kier alpha value is -1.44. The van der Waals surface area contributed by atoms with Gasteiger partial charge in [0.15, 0.2) is 10.1 Å². The van der Waals surface area contributed by atoms with Gasteiger partial charge in [-0.2, -0.15) is 0 Å². The summed E-state index contributed by atoms with van der Waals surface area (Å²) in [5, 5.41) is 15.4. The highest BCUT2D eigenvalue weighted by atomic mass is 35.5. The molecule has 0 aliphatic carbocycles. The van der Waals surface area contributed by atoms with Gasteiger partial charge in [0, 0.05) is 15.6 Å². The molecule has 0 radical (unpaired) electrons. The zero-order valence-electron chi connectivity index (χ0n) is 11.8. The molecule has 1 N–H and O–H groups in total. The average Bonchev–Trinajstić information content (AvgIpc) is 3.13. The number of hydrogen-bond donors (Lipinski definition) is 1. The highest BCUT2D eigenvalue weighted by Gasteiger charge is 2.12. The molecule has 0 fully saturated rings. The zero-order valence-corrected chi connectivity index (χ0v) is 15.7. The molecule has 0 saturated heterocycles. The number of halogens is 3.